The molecule has 0 aliphatic rings. The number of thioether (sulfide) groups is 1. The number of nitrogens with one attached hydrogen (secondary N) is 1. The number of unbranched alkanes of at least 4 members (excludes halogenated alkanes) is 2. The lowest BCUT2D eigenvalue weighted by atomic mass is 10.3. The number of nitrogens with zero attached hydrogens (tertiary/aromatic N) is 1. The molecule has 0 atom stereocenters. The zero-order chi connectivity index (χ0) is 13.1. The van der Waals surface area contributed by atoms with Crippen LogP contribution in [0.3, 0.4) is 0 Å². The zero-order valence-corrected chi connectivity index (χ0v) is 12.3. The molecule has 1 heterocycles. The van der Waals surface area contributed by atoms with Gasteiger partial charge < -0.3 is 10.1 Å². The van der Waals surface area contributed by atoms with Crippen molar-refractivity contribution >= 4 is 11.8 Å². The Hall–Kier alpha value is -0.580. The normalized spacial score (nSPS) is 10.8. The largest absolute Gasteiger partial charge is 0.383 e. The van der Waals surface area contributed by atoms with Gasteiger partial charge >= 0.3 is 0 Å². The van der Waals surface area contributed by atoms with Crippen molar-refractivity contribution in [3.63, 3.8) is 0 Å². The number of hydrogen-bond acceptors (Lipinski definition) is 4. The number of hydrogen-bond donors (Lipinski definition) is 1. The van der Waals surface area contributed by atoms with E-state index < -0.39 is 0 Å². The molecule has 0 radical (unpaired) electrons. The van der Waals surface area contributed by atoms with Crippen molar-refractivity contribution in [2.45, 2.75) is 37.8 Å². The summed E-state index contributed by atoms with van der Waals surface area (Å²) < 4.78 is 5.02. The molecule has 4 heteroatoms. The van der Waals surface area contributed by atoms with Crippen molar-refractivity contribution < 1.29 is 4.74 Å². The number of rotatable bonds is 10. The summed E-state index contributed by atoms with van der Waals surface area (Å²) in [5.74, 6) is 1.16. The van der Waals surface area contributed by atoms with Gasteiger partial charge in [-0.1, -0.05) is 25.8 Å². The summed E-state index contributed by atoms with van der Waals surface area (Å²) in [6, 6.07) is 4.15. The monoisotopic (exact) mass is 268 g/mol. The molecule has 0 bridgehead atoms. The van der Waals surface area contributed by atoms with Crippen LogP contribution in [0.1, 0.15) is 31.7 Å². The lowest BCUT2D eigenvalue weighted by Gasteiger charge is -2.09. The third-order valence-electron chi connectivity index (χ3n) is 2.64. The Labute approximate surface area is 115 Å². The molecule has 3 nitrogen and oxygen atoms in total. The molecule has 0 saturated carbocycles. The Kier molecular flexibility index (Phi) is 8.90. The average molecular weight is 268 g/mol. The van der Waals surface area contributed by atoms with Gasteiger partial charge in [-0.05, 0) is 23.8 Å². The molecule has 0 aliphatic heterocycles. The second-order valence-corrected chi connectivity index (χ2v) is 5.28. The van der Waals surface area contributed by atoms with Gasteiger partial charge in [0.25, 0.3) is 0 Å². The van der Waals surface area contributed by atoms with Crippen molar-refractivity contribution in [1.82, 2.24) is 10.3 Å². The first-order valence-electron chi connectivity index (χ1n) is 6.64. The van der Waals surface area contributed by atoms with Gasteiger partial charge in [0, 0.05) is 26.4 Å². The van der Waals surface area contributed by atoms with Gasteiger partial charge in [-0.15, -0.1) is 11.8 Å². The third-order valence-corrected chi connectivity index (χ3v) is 3.77. The van der Waals surface area contributed by atoms with Gasteiger partial charge in [0.15, 0.2) is 0 Å². The van der Waals surface area contributed by atoms with Crippen LogP contribution in [0, 0.1) is 0 Å². The second-order valence-electron chi connectivity index (χ2n) is 4.19. The van der Waals surface area contributed by atoms with E-state index in [0.717, 1.165) is 25.4 Å². The Morgan fingerprint density at radius 2 is 2.28 bits per heavy atom. The van der Waals surface area contributed by atoms with Gasteiger partial charge in [-0.3, -0.25) is 0 Å². The second kappa shape index (κ2) is 10.4. The standard InChI is InChI=1S/C14H24N2OS/c1-3-4-5-11-18-14-13(7-6-8-16-14)12-15-9-10-17-2/h6-8,15H,3-5,9-12H2,1-2H3. The fourth-order valence-electron chi connectivity index (χ4n) is 1.61. The summed E-state index contributed by atoms with van der Waals surface area (Å²) >= 11 is 1.87. The molecule has 0 aliphatic carbocycles. The Morgan fingerprint density at radius 1 is 1.39 bits per heavy atom. The van der Waals surface area contributed by atoms with Gasteiger partial charge in [0.2, 0.25) is 0 Å². The topological polar surface area (TPSA) is 34.2 Å². The first-order chi connectivity index (χ1) is 8.88. The predicted molar refractivity (Wildman–Crippen MR) is 78.1 cm³/mol. The molecule has 1 aromatic heterocycles. The fourth-order valence-corrected chi connectivity index (χ4v) is 2.61. The molecule has 102 valence electrons. The summed E-state index contributed by atoms with van der Waals surface area (Å²) in [6.07, 6.45) is 5.73. The minimum atomic E-state index is 0.749. The minimum absolute atomic E-state index is 0.749. The van der Waals surface area contributed by atoms with Gasteiger partial charge in [0.05, 0.1) is 6.61 Å². The van der Waals surface area contributed by atoms with E-state index in [1.807, 2.05) is 24.0 Å². The molecule has 0 amide bonds. The van der Waals surface area contributed by atoms with Crippen molar-refractivity contribution in [2.75, 3.05) is 26.0 Å². The van der Waals surface area contributed by atoms with Crippen LogP contribution >= 0.6 is 11.8 Å². The number of methoxy groups -OCH3 is 1. The lowest BCUT2D eigenvalue weighted by molar-refractivity contribution is 0.199. The molecule has 0 aromatic carbocycles. The van der Waals surface area contributed by atoms with Crippen LogP contribution in [-0.4, -0.2) is 31.0 Å². The van der Waals surface area contributed by atoms with Crippen molar-refractivity contribution in [3.8, 4) is 0 Å². The Bertz CT molecular complexity index is 289. The first-order valence-corrected chi connectivity index (χ1v) is 7.63. The third kappa shape index (κ3) is 6.38. The maximum Gasteiger partial charge on any atom is 0.100 e. The van der Waals surface area contributed by atoms with E-state index in [1.165, 1.54) is 29.9 Å². The summed E-state index contributed by atoms with van der Waals surface area (Å²) in [5, 5.41) is 4.53. The molecular weight excluding hydrogens is 244 g/mol. The maximum atomic E-state index is 5.02. The van der Waals surface area contributed by atoms with Crippen LogP contribution in [0.25, 0.3) is 0 Å². The van der Waals surface area contributed by atoms with Gasteiger partial charge in [0.1, 0.15) is 5.03 Å². The first kappa shape index (κ1) is 15.5. The molecule has 1 rings (SSSR count). The van der Waals surface area contributed by atoms with Gasteiger partial charge in [-0.2, -0.15) is 0 Å². The zero-order valence-electron chi connectivity index (χ0n) is 11.4. The van der Waals surface area contributed by atoms with Gasteiger partial charge in [-0.25, -0.2) is 4.98 Å². The molecule has 18 heavy (non-hydrogen) atoms. The van der Waals surface area contributed by atoms with Crippen molar-refractivity contribution in [1.29, 1.82) is 0 Å². The molecule has 1 N–H and O–H groups in total. The van der Waals surface area contributed by atoms with E-state index in [2.05, 4.69) is 23.3 Å². The summed E-state index contributed by atoms with van der Waals surface area (Å²) in [6.45, 7) is 4.73. The SMILES string of the molecule is CCCCCSc1ncccc1CNCCOC. The molecular formula is C14H24N2OS. The summed E-state index contributed by atoms with van der Waals surface area (Å²) in [4.78, 5) is 4.47. The number of pyridine rings is 1. The van der Waals surface area contributed by atoms with E-state index in [1.54, 1.807) is 7.11 Å². The lowest BCUT2D eigenvalue weighted by Crippen LogP contribution is -2.19. The highest BCUT2D eigenvalue weighted by Crippen LogP contribution is 2.21. The van der Waals surface area contributed by atoms with Crippen molar-refractivity contribution in [3.05, 3.63) is 23.9 Å². The van der Waals surface area contributed by atoms with E-state index >= 15 is 0 Å². The van der Waals surface area contributed by atoms with Crippen LogP contribution in [0.2, 0.25) is 0 Å². The fraction of sp³-hybridized carbons (Fsp3) is 0.643. The van der Waals surface area contributed by atoms with E-state index in [4.69, 9.17) is 4.74 Å². The average Bonchev–Trinajstić information content (AvgIpc) is 2.41. The number of ether oxygens (including phenoxy) is 1. The highest BCUT2D eigenvalue weighted by molar-refractivity contribution is 7.99. The summed E-state index contributed by atoms with van der Waals surface area (Å²) in [5.41, 5.74) is 1.29. The quantitative estimate of drug-likeness (QED) is 0.522. The van der Waals surface area contributed by atoms with Crippen LogP contribution < -0.4 is 5.32 Å². The number of aromatic nitrogens is 1. The molecule has 0 unspecified atom stereocenters. The molecule has 0 fully saturated rings. The highest BCUT2D eigenvalue weighted by atomic mass is 32.2. The van der Waals surface area contributed by atoms with Crippen LogP contribution in [0.4, 0.5) is 0 Å². The maximum absolute atomic E-state index is 5.02. The Morgan fingerprint density at radius 3 is 3.06 bits per heavy atom. The molecule has 0 saturated heterocycles. The van der Waals surface area contributed by atoms with E-state index in [9.17, 15) is 0 Å². The van der Waals surface area contributed by atoms with Crippen LogP contribution in [0.15, 0.2) is 23.4 Å². The minimum Gasteiger partial charge on any atom is -0.383 e. The van der Waals surface area contributed by atoms with Crippen molar-refractivity contribution in [2.24, 2.45) is 0 Å². The summed E-state index contributed by atoms with van der Waals surface area (Å²) in [7, 11) is 1.72. The van der Waals surface area contributed by atoms with Crippen LogP contribution in [-0.2, 0) is 11.3 Å². The Balaban J connectivity index is 2.36. The smallest absolute Gasteiger partial charge is 0.100 e. The van der Waals surface area contributed by atoms with E-state index in [-0.39, 0.29) is 0 Å². The molecule has 0 spiro atoms. The molecule has 1 aromatic rings. The highest BCUT2D eigenvalue weighted by Gasteiger charge is 2.03. The van der Waals surface area contributed by atoms with Crippen LogP contribution in [0.5, 0.6) is 0 Å². The van der Waals surface area contributed by atoms with E-state index in [0.29, 0.717) is 0 Å². The predicted octanol–water partition coefficient (Wildman–Crippen LogP) is 3.10.